The summed E-state index contributed by atoms with van der Waals surface area (Å²) in [4.78, 5) is 12.9. The maximum Gasteiger partial charge on any atom is 0.235 e. The van der Waals surface area contributed by atoms with Crippen LogP contribution in [-0.4, -0.2) is 26.5 Å². The van der Waals surface area contributed by atoms with Gasteiger partial charge in [-0.15, -0.1) is 10.2 Å². The lowest BCUT2D eigenvalue weighted by atomic mass is 9.96. The van der Waals surface area contributed by atoms with Gasteiger partial charge in [0.2, 0.25) is 5.91 Å². The number of hydrogen-bond acceptors (Lipinski definition) is 4. The minimum absolute atomic E-state index is 0.145. The molecule has 0 saturated carbocycles. The molecule has 2 aromatic carbocycles. The number of anilines is 1. The lowest BCUT2D eigenvalue weighted by Gasteiger charge is -2.15. The number of nitrogens with one attached hydrogen (secondary N) is 2. The highest BCUT2D eigenvalue weighted by molar-refractivity contribution is 5.95. The molecule has 1 heterocycles. The normalized spacial score (nSPS) is 12.0. The number of tetrazole rings is 1. The summed E-state index contributed by atoms with van der Waals surface area (Å²) in [6, 6.07) is 14.1. The maximum absolute atomic E-state index is 12.9. The number of aromatic amines is 1. The van der Waals surface area contributed by atoms with Crippen LogP contribution in [0.5, 0.6) is 0 Å². The molecule has 0 aliphatic carbocycles. The third-order valence-electron chi connectivity index (χ3n) is 4.00. The lowest BCUT2D eigenvalue weighted by molar-refractivity contribution is -0.117. The van der Waals surface area contributed by atoms with Gasteiger partial charge in [0, 0.05) is 5.69 Å². The predicted molar refractivity (Wildman–Crippen MR) is 96.3 cm³/mol. The van der Waals surface area contributed by atoms with E-state index in [0.717, 1.165) is 27.9 Å². The van der Waals surface area contributed by atoms with Crippen LogP contribution >= 0.6 is 0 Å². The highest BCUT2D eigenvalue weighted by Crippen LogP contribution is 2.21. The van der Waals surface area contributed by atoms with E-state index in [-0.39, 0.29) is 5.91 Å². The monoisotopic (exact) mass is 335 g/mol. The number of rotatable bonds is 5. The van der Waals surface area contributed by atoms with E-state index in [0.29, 0.717) is 12.2 Å². The average molecular weight is 335 g/mol. The molecule has 3 rings (SSSR count). The Morgan fingerprint density at radius 1 is 1.08 bits per heavy atom. The molecule has 128 valence electrons. The lowest BCUT2D eigenvalue weighted by Crippen LogP contribution is -2.24. The van der Waals surface area contributed by atoms with E-state index in [1.54, 1.807) is 0 Å². The van der Waals surface area contributed by atoms with Crippen molar-refractivity contribution in [3.63, 3.8) is 0 Å². The summed E-state index contributed by atoms with van der Waals surface area (Å²) in [7, 11) is 0. The second-order valence-corrected chi connectivity index (χ2v) is 6.38. The summed E-state index contributed by atoms with van der Waals surface area (Å²) < 4.78 is 0. The van der Waals surface area contributed by atoms with Gasteiger partial charge in [-0.05, 0) is 56.0 Å². The van der Waals surface area contributed by atoms with Gasteiger partial charge in [-0.1, -0.05) is 41.1 Å². The highest BCUT2D eigenvalue weighted by atomic mass is 16.1. The number of nitrogens with zero attached hydrogens (tertiary/aromatic N) is 3. The minimum Gasteiger partial charge on any atom is -0.325 e. The fraction of sp³-hybridized carbons (Fsp3) is 0.263. The van der Waals surface area contributed by atoms with Crippen LogP contribution in [0.2, 0.25) is 0 Å². The SMILES string of the molecule is Cc1cccc(C[C@@H](C(=O)Nc2cc(C)cc(C)c2)c2nn[nH]n2)c1. The molecule has 0 radical (unpaired) electrons. The molecule has 0 spiro atoms. The zero-order chi connectivity index (χ0) is 17.8. The first kappa shape index (κ1) is 16.8. The number of hydrogen-bond donors (Lipinski definition) is 2. The Kier molecular flexibility index (Phi) is 4.88. The van der Waals surface area contributed by atoms with Gasteiger partial charge in [0.15, 0.2) is 5.82 Å². The minimum atomic E-state index is -0.513. The van der Waals surface area contributed by atoms with Crippen LogP contribution in [0.25, 0.3) is 0 Å². The third kappa shape index (κ3) is 4.29. The summed E-state index contributed by atoms with van der Waals surface area (Å²) in [6.45, 7) is 6.04. The van der Waals surface area contributed by atoms with E-state index in [1.807, 2.05) is 51.1 Å². The topological polar surface area (TPSA) is 83.6 Å². The van der Waals surface area contributed by atoms with E-state index in [9.17, 15) is 4.79 Å². The Morgan fingerprint density at radius 3 is 2.48 bits per heavy atom. The van der Waals surface area contributed by atoms with Crippen molar-refractivity contribution in [2.45, 2.75) is 33.1 Å². The largest absolute Gasteiger partial charge is 0.325 e. The third-order valence-corrected chi connectivity index (χ3v) is 4.00. The smallest absolute Gasteiger partial charge is 0.235 e. The first-order valence-corrected chi connectivity index (χ1v) is 8.19. The molecular weight excluding hydrogens is 314 g/mol. The molecular formula is C19H21N5O. The van der Waals surface area contributed by atoms with Crippen molar-refractivity contribution >= 4 is 11.6 Å². The molecule has 0 saturated heterocycles. The summed E-state index contributed by atoms with van der Waals surface area (Å²) >= 11 is 0. The van der Waals surface area contributed by atoms with Gasteiger partial charge in [0.05, 0.1) is 0 Å². The van der Waals surface area contributed by atoms with Gasteiger partial charge in [0.25, 0.3) is 0 Å². The Bertz CT molecular complexity index is 853. The van der Waals surface area contributed by atoms with Crippen LogP contribution < -0.4 is 5.32 Å². The second kappa shape index (κ2) is 7.25. The molecule has 6 nitrogen and oxygen atoms in total. The summed E-state index contributed by atoms with van der Waals surface area (Å²) in [5.74, 6) is -0.266. The number of aromatic nitrogens is 4. The molecule has 3 aromatic rings. The summed E-state index contributed by atoms with van der Waals surface area (Å²) in [5, 5.41) is 17.1. The van der Waals surface area contributed by atoms with E-state index in [1.165, 1.54) is 0 Å². The number of amides is 1. The van der Waals surface area contributed by atoms with Crippen LogP contribution in [0.15, 0.2) is 42.5 Å². The van der Waals surface area contributed by atoms with E-state index < -0.39 is 5.92 Å². The van der Waals surface area contributed by atoms with Crippen molar-refractivity contribution in [2.24, 2.45) is 0 Å². The quantitative estimate of drug-likeness (QED) is 0.750. The summed E-state index contributed by atoms with van der Waals surface area (Å²) in [6.07, 6.45) is 0.512. The van der Waals surface area contributed by atoms with Crippen LogP contribution in [0.4, 0.5) is 5.69 Å². The second-order valence-electron chi connectivity index (χ2n) is 6.38. The Hall–Kier alpha value is -3.02. The van der Waals surface area contributed by atoms with Crippen molar-refractivity contribution in [3.8, 4) is 0 Å². The molecule has 0 aliphatic heterocycles. The molecule has 0 unspecified atom stereocenters. The van der Waals surface area contributed by atoms with Gasteiger partial charge in [-0.25, -0.2) is 0 Å². The van der Waals surface area contributed by atoms with Crippen molar-refractivity contribution in [3.05, 3.63) is 70.5 Å². The molecule has 1 amide bonds. The van der Waals surface area contributed by atoms with Gasteiger partial charge < -0.3 is 5.32 Å². The number of carbonyl (C=O) groups excluding carboxylic acids is 1. The van der Waals surface area contributed by atoms with E-state index >= 15 is 0 Å². The van der Waals surface area contributed by atoms with Gasteiger partial charge in [0.1, 0.15) is 5.92 Å². The number of carbonyl (C=O) groups is 1. The number of H-pyrrole nitrogens is 1. The number of aryl methyl sites for hydroxylation is 3. The maximum atomic E-state index is 12.9. The molecule has 1 aromatic heterocycles. The van der Waals surface area contributed by atoms with Crippen molar-refractivity contribution in [2.75, 3.05) is 5.32 Å². The van der Waals surface area contributed by atoms with Gasteiger partial charge >= 0.3 is 0 Å². The molecule has 0 fully saturated rings. The van der Waals surface area contributed by atoms with Gasteiger partial charge in [-0.3, -0.25) is 4.79 Å². The molecule has 25 heavy (non-hydrogen) atoms. The first-order chi connectivity index (χ1) is 12.0. The Balaban J connectivity index is 1.85. The van der Waals surface area contributed by atoms with Crippen molar-refractivity contribution < 1.29 is 4.79 Å². The van der Waals surface area contributed by atoms with E-state index in [4.69, 9.17) is 0 Å². The first-order valence-electron chi connectivity index (χ1n) is 8.19. The number of benzene rings is 2. The van der Waals surface area contributed by atoms with E-state index in [2.05, 4.69) is 38.1 Å². The predicted octanol–water partition coefficient (Wildman–Crippen LogP) is 3.09. The van der Waals surface area contributed by atoms with Crippen LogP contribution in [0.3, 0.4) is 0 Å². The van der Waals surface area contributed by atoms with Crippen LogP contribution in [-0.2, 0) is 11.2 Å². The fourth-order valence-electron chi connectivity index (χ4n) is 2.97. The zero-order valence-electron chi connectivity index (χ0n) is 14.6. The van der Waals surface area contributed by atoms with Gasteiger partial charge in [-0.2, -0.15) is 5.21 Å². The van der Waals surface area contributed by atoms with Crippen LogP contribution in [0.1, 0.15) is 34.0 Å². The standard InChI is InChI=1S/C19H21N5O/c1-12-5-4-6-15(8-12)11-17(18-21-23-24-22-18)19(25)20-16-9-13(2)7-14(3)10-16/h4-10,17H,11H2,1-3H3,(H,20,25)(H,21,22,23,24)/t17-/m1/s1. The Morgan fingerprint density at radius 2 is 1.84 bits per heavy atom. The fourth-order valence-corrected chi connectivity index (χ4v) is 2.97. The molecule has 0 bridgehead atoms. The average Bonchev–Trinajstić information content (AvgIpc) is 3.05. The van der Waals surface area contributed by atoms with Crippen molar-refractivity contribution in [1.82, 2.24) is 20.6 Å². The van der Waals surface area contributed by atoms with Crippen LogP contribution in [0, 0.1) is 20.8 Å². The van der Waals surface area contributed by atoms with Crippen molar-refractivity contribution in [1.29, 1.82) is 0 Å². The summed E-state index contributed by atoms with van der Waals surface area (Å²) in [5.41, 5.74) is 5.19. The molecule has 1 atom stereocenters. The Labute approximate surface area is 146 Å². The molecule has 0 aliphatic rings. The molecule has 6 heteroatoms. The highest BCUT2D eigenvalue weighted by Gasteiger charge is 2.25. The zero-order valence-corrected chi connectivity index (χ0v) is 14.6. The molecule has 2 N–H and O–H groups in total.